The van der Waals surface area contributed by atoms with Gasteiger partial charge >= 0.3 is 6.03 Å². The van der Waals surface area contributed by atoms with Crippen molar-refractivity contribution in [3.05, 3.63) is 71.7 Å². The largest absolute Gasteiger partial charge is 0.439 e. The fraction of sp³-hybridized carbons (Fsp3) is 0.360. The Morgan fingerprint density at radius 3 is 2.45 bits per heavy atom. The summed E-state index contributed by atoms with van der Waals surface area (Å²) in [6, 6.07) is 15.3. The highest BCUT2D eigenvalue weighted by atomic mass is 19.1. The molecule has 1 aromatic heterocycles. The Kier molecular flexibility index (Phi) is 8.43. The van der Waals surface area contributed by atoms with Crippen LogP contribution in [0.2, 0.25) is 0 Å². The zero-order valence-corrected chi connectivity index (χ0v) is 19.5. The van der Waals surface area contributed by atoms with Gasteiger partial charge in [0, 0.05) is 19.7 Å². The van der Waals surface area contributed by atoms with Crippen LogP contribution in [0.5, 0.6) is 11.6 Å². The number of urea groups is 1. The van der Waals surface area contributed by atoms with Crippen molar-refractivity contribution < 1.29 is 18.7 Å². The Balaban J connectivity index is 2.07. The van der Waals surface area contributed by atoms with Crippen molar-refractivity contribution in [3.63, 3.8) is 0 Å². The van der Waals surface area contributed by atoms with Gasteiger partial charge in [0.05, 0.1) is 30.1 Å². The number of aromatic nitrogens is 2. The van der Waals surface area contributed by atoms with Gasteiger partial charge in [0.2, 0.25) is 5.88 Å². The van der Waals surface area contributed by atoms with Crippen LogP contribution in [0.25, 0.3) is 5.69 Å². The maximum Gasteiger partial charge on any atom is 0.317 e. The molecule has 8 heteroatoms. The van der Waals surface area contributed by atoms with E-state index in [1.54, 1.807) is 28.8 Å². The van der Waals surface area contributed by atoms with E-state index in [-0.39, 0.29) is 24.4 Å². The van der Waals surface area contributed by atoms with Gasteiger partial charge in [-0.05, 0) is 56.7 Å². The van der Waals surface area contributed by atoms with Gasteiger partial charge in [0.1, 0.15) is 11.6 Å². The molecule has 0 saturated heterocycles. The molecular formula is C25H31FN4O3. The SMILES string of the molecule is CCc1nn(-c2ccc(F)cc2)c(Oc2ccccc2)c1CN(CCOC)C(=O)NC(C)C. The van der Waals surface area contributed by atoms with E-state index in [1.807, 2.05) is 51.1 Å². The van der Waals surface area contributed by atoms with Crippen LogP contribution in [0.15, 0.2) is 54.6 Å². The van der Waals surface area contributed by atoms with E-state index in [1.165, 1.54) is 12.1 Å². The molecule has 2 aromatic carbocycles. The lowest BCUT2D eigenvalue weighted by Gasteiger charge is -2.24. The van der Waals surface area contributed by atoms with Crippen molar-refractivity contribution in [2.24, 2.45) is 0 Å². The summed E-state index contributed by atoms with van der Waals surface area (Å²) < 4.78 is 26.7. The molecule has 0 aliphatic heterocycles. The van der Waals surface area contributed by atoms with Crippen LogP contribution in [0.4, 0.5) is 9.18 Å². The van der Waals surface area contributed by atoms with E-state index in [0.717, 1.165) is 11.3 Å². The van der Waals surface area contributed by atoms with Gasteiger partial charge in [0.25, 0.3) is 0 Å². The van der Waals surface area contributed by atoms with Gasteiger partial charge in [-0.2, -0.15) is 5.10 Å². The molecular weight excluding hydrogens is 423 g/mol. The van der Waals surface area contributed by atoms with E-state index in [2.05, 4.69) is 5.32 Å². The topological polar surface area (TPSA) is 68.6 Å². The van der Waals surface area contributed by atoms with Crippen molar-refractivity contribution >= 4 is 6.03 Å². The third-order valence-electron chi connectivity index (χ3n) is 5.00. The van der Waals surface area contributed by atoms with Gasteiger partial charge in [-0.3, -0.25) is 0 Å². The van der Waals surface area contributed by atoms with E-state index in [9.17, 15) is 9.18 Å². The van der Waals surface area contributed by atoms with Gasteiger partial charge in [-0.25, -0.2) is 13.9 Å². The van der Waals surface area contributed by atoms with Crippen LogP contribution in [-0.2, 0) is 17.7 Å². The van der Waals surface area contributed by atoms with Gasteiger partial charge in [-0.15, -0.1) is 0 Å². The molecule has 0 spiro atoms. The molecule has 0 fully saturated rings. The molecule has 3 aromatic rings. The van der Waals surface area contributed by atoms with Crippen molar-refractivity contribution in [1.29, 1.82) is 0 Å². The van der Waals surface area contributed by atoms with E-state index in [0.29, 0.717) is 36.9 Å². The summed E-state index contributed by atoms with van der Waals surface area (Å²) in [5.41, 5.74) is 2.25. The van der Waals surface area contributed by atoms with Crippen LogP contribution < -0.4 is 10.1 Å². The summed E-state index contributed by atoms with van der Waals surface area (Å²) in [6.07, 6.45) is 0.637. The first-order valence-corrected chi connectivity index (χ1v) is 11.1. The number of ether oxygens (including phenoxy) is 2. The number of benzene rings is 2. The number of carbonyl (C=O) groups is 1. The third-order valence-corrected chi connectivity index (χ3v) is 5.00. The molecule has 0 atom stereocenters. The smallest absolute Gasteiger partial charge is 0.317 e. The standard InChI is InChI=1S/C25H31FN4O3/c1-5-23-22(17-29(15-16-32-4)25(31)27-18(2)3)24(33-21-9-7-6-8-10-21)30(28-23)20-13-11-19(26)12-14-20/h6-14,18H,5,15-17H2,1-4H3,(H,27,31). The fourth-order valence-electron chi connectivity index (χ4n) is 3.37. The number of hydrogen-bond donors (Lipinski definition) is 1. The second-order valence-electron chi connectivity index (χ2n) is 7.91. The van der Waals surface area contributed by atoms with Gasteiger partial charge in [-0.1, -0.05) is 25.1 Å². The minimum absolute atomic E-state index is 0.00447. The van der Waals surface area contributed by atoms with Crippen molar-refractivity contribution in [3.8, 4) is 17.3 Å². The first kappa shape index (κ1) is 24.3. The van der Waals surface area contributed by atoms with Crippen molar-refractivity contribution in [2.45, 2.75) is 39.8 Å². The highest BCUT2D eigenvalue weighted by Gasteiger charge is 2.25. The molecule has 2 amide bonds. The summed E-state index contributed by atoms with van der Waals surface area (Å²) in [5, 5.41) is 7.70. The molecule has 7 nitrogen and oxygen atoms in total. The zero-order valence-electron chi connectivity index (χ0n) is 19.5. The monoisotopic (exact) mass is 454 g/mol. The molecule has 0 saturated carbocycles. The van der Waals surface area contributed by atoms with Crippen LogP contribution in [0.1, 0.15) is 32.0 Å². The number of amides is 2. The van der Waals surface area contributed by atoms with Gasteiger partial charge in [0.15, 0.2) is 0 Å². The average Bonchev–Trinajstić information content (AvgIpc) is 3.14. The third kappa shape index (κ3) is 6.32. The van der Waals surface area contributed by atoms with E-state index >= 15 is 0 Å². The summed E-state index contributed by atoms with van der Waals surface area (Å²) in [7, 11) is 1.60. The molecule has 1 N–H and O–H groups in total. The lowest BCUT2D eigenvalue weighted by Crippen LogP contribution is -2.44. The Morgan fingerprint density at radius 2 is 1.85 bits per heavy atom. The lowest BCUT2D eigenvalue weighted by molar-refractivity contribution is 0.145. The maximum absolute atomic E-state index is 13.6. The molecule has 176 valence electrons. The molecule has 0 bridgehead atoms. The highest BCUT2D eigenvalue weighted by Crippen LogP contribution is 2.32. The Bertz CT molecular complexity index is 1040. The molecule has 0 radical (unpaired) electrons. The summed E-state index contributed by atoms with van der Waals surface area (Å²) in [5.74, 6) is 0.799. The number of hydrogen-bond acceptors (Lipinski definition) is 4. The summed E-state index contributed by atoms with van der Waals surface area (Å²) >= 11 is 0. The second kappa shape index (κ2) is 11.5. The number of nitrogens with zero attached hydrogens (tertiary/aromatic N) is 3. The predicted molar refractivity (Wildman–Crippen MR) is 125 cm³/mol. The summed E-state index contributed by atoms with van der Waals surface area (Å²) in [4.78, 5) is 14.6. The first-order chi connectivity index (χ1) is 15.9. The number of methoxy groups -OCH3 is 1. The van der Waals surface area contributed by atoms with Crippen molar-refractivity contribution in [1.82, 2.24) is 20.0 Å². The fourth-order valence-corrected chi connectivity index (χ4v) is 3.37. The van der Waals surface area contributed by atoms with Crippen LogP contribution in [0, 0.1) is 5.82 Å². The summed E-state index contributed by atoms with van der Waals surface area (Å²) in [6.45, 7) is 6.93. The average molecular weight is 455 g/mol. The number of aryl methyl sites for hydroxylation is 1. The second-order valence-corrected chi connectivity index (χ2v) is 7.91. The molecule has 33 heavy (non-hydrogen) atoms. The van der Waals surface area contributed by atoms with Crippen molar-refractivity contribution in [2.75, 3.05) is 20.3 Å². The quantitative estimate of drug-likeness (QED) is 0.472. The number of carbonyl (C=O) groups excluding carboxylic acids is 1. The minimum atomic E-state index is -0.330. The number of halogens is 1. The van der Waals surface area contributed by atoms with Crippen LogP contribution >= 0.6 is 0 Å². The minimum Gasteiger partial charge on any atom is -0.439 e. The maximum atomic E-state index is 13.6. The van der Waals surface area contributed by atoms with E-state index < -0.39 is 0 Å². The first-order valence-electron chi connectivity index (χ1n) is 11.1. The van der Waals surface area contributed by atoms with Gasteiger partial charge < -0.3 is 19.7 Å². The zero-order chi connectivity index (χ0) is 23.8. The normalized spacial score (nSPS) is 11.0. The number of nitrogens with one attached hydrogen (secondary N) is 1. The Morgan fingerprint density at radius 1 is 1.15 bits per heavy atom. The predicted octanol–water partition coefficient (Wildman–Crippen LogP) is 4.93. The molecule has 1 heterocycles. The van der Waals surface area contributed by atoms with Crippen LogP contribution in [-0.4, -0.2) is 47.0 Å². The molecule has 0 unspecified atom stereocenters. The van der Waals surface area contributed by atoms with Crippen LogP contribution in [0.3, 0.4) is 0 Å². The molecule has 0 aliphatic rings. The molecule has 0 aliphatic carbocycles. The number of para-hydroxylation sites is 1. The Hall–Kier alpha value is -3.39. The van der Waals surface area contributed by atoms with E-state index in [4.69, 9.17) is 14.6 Å². The molecule has 3 rings (SSSR count). The lowest BCUT2D eigenvalue weighted by atomic mass is 10.2. The highest BCUT2D eigenvalue weighted by molar-refractivity contribution is 5.74. The number of rotatable bonds is 10. The Labute approximate surface area is 194 Å².